The van der Waals surface area contributed by atoms with Gasteiger partial charge in [-0.15, -0.1) is 5.46 Å². The molecular weight excluding hydrogens is 533 g/mol. The fourth-order valence-corrected chi connectivity index (χ4v) is 4.91. The van der Waals surface area contributed by atoms with Gasteiger partial charge in [-0.05, 0) is 61.6 Å². The molecule has 0 N–H and O–H groups in total. The summed E-state index contributed by atoms with van der Waals surface area (Å²) < 4.78 is 52.7. The minimum Gasteiger partial charge on any atom is -0.460 e. The minimum atomic E-state index is -5.39. The van der Waals surface area contributed by atoms with Crippen LogP contribution in [0.3, 0.4) is 0 Å². The summed E-state index contributed by atoms with van der Waals surface area (Å²) in [6.45, 7) is 0.992. The molecule has 39 heavy (non-hydrogen) atoms. The van der Waals surface area contributed by atoms with Crippen LogP contribution in [0.2, 0.25) is 0 Å². The SMILES string of the molecule is Cc1c(N(C)C(=O)OCC2c3ccccc3-c3ccccc32)cc(CC(=O)OC(C)(C)C)cc1[B-](F)(F)F.[K+]. The molecule has 0 bridgehead atoms. The second-order valence-corrected chi connectivity index (χ2v) is 10.5. The third kappa shape index (κ3) is 7.16. The monoisotopic (exact) mass is 563 g/mol. The van der Waals surface area contributed by atoms with Gasteiger partial charge in [-0.3, -0.25) is 9.69 Å². The van der Waals surface area contributed by atoms with Gasteiger partial charge in [0.1, 0.15) is 12.2 Å². The van der Waals surface area contributed by atoms with Gasteiger partial charge in [-0.2, -0.15) is 0 Å². The first-order valence-corrected chi connectivity index (χ1v) is 12.4. The largest absolute Gasteiger partial charge is 1.00 e. The van der Waals surface area contributed by atoms with E-state index >= 15 is 0 Å². The number of benzene rings is 3. The molecule has 0 aromatic heterocycles. The van der Waals surface area contributed by atoms with Crippen LogP contribution in [-0.4, -0.2) is 38.3 Å². The molecule has 0 aliphatic heterocycles. The number of amides is 1. The van der Waals surface area contributed by atoms with Crippen molar-refractivity contribution in [2.45, 2.75) is 45.6 Å². The maximum absolute atomic E-state index is 13.9. The number of rotatable bonds is 6. The molecule has 0 atom stereocenters. The second-order valence-electron chi connectivity index (χ2n) is 10.5. The van der Waals surface area contributed by atoms with Crippen molar-refractivity contribution in [3.8, 4) is 11.1 Å². The molecule has 4 rings (SSSR count). The van der Waals surface area contributed by atoms with Crippen LogP contribution in [-0.2, 0) is 20.7 Å². The van der Waals surface area contributed by atoms with E-state index in [0.29, 0.717) is 0 Å². The predicted molar refractivity (Wildman–Crippen MR) is 143 cm³/mol. The third-order valence-corrected chi connectivity index (χ3v) is 6.57. The number of nitrogens with zero attached hydrogens (tertiary/aromatic N) is 1. The first-order valence-electron chi connectivity index (χ1n) is 12.4. The zero-order valence-corrected chi connectivity index (χ0v) is 26.2. The molecule has 3 aromatic carbocycles. The van der Waals surface area contributed by atoms with Crippen molar-refractivity contribution in [2.24, 2.45) is 0 Å². The quantitative estimate of drug-likeness (QED) is 0.341. The maximum atomic E-state index is 13.9. The number of anilines is 1. The molecule has 200 valence electrons. The van der Waals surface area contributed by atoms with E-state index in [1.54, 1.807) is 20.8 Å². The van der Waals surface area contributed by atoms with Crippen molar-refractivity contribution < 1.29 is 83.4 Å². The standard InChI is InChI=1S/C29H30BF3NO4.K/c1-18-25(30(31,32)33)14-19(16-27(35)38-29(2,3)4)15-26(18)34(5)28(36)37-17-24-22-12-8-6-10-20(22)21-11-7-9-13-23(21)24;/h6-15,24H,16-17H2,1-5H3;/q-1;+1. The average Bonchev–Trinajstić information content (AvgIpc) is 3.15. The van der Waals surface area contributed by atoms with Gasteiger partial charge in [0.2, 0.25) is 0 Å². The smallest absolute Gasteiger partial charge is 0.460 e. The number of carbonyl (C=O) groups is 2. The Hall–Kier alpha value is -2.11. The topological polar surface area (TPSA) is 55.8 Å². The molecule has 1 amide bonds. The Morgan fingerprint density at radius 3 is 2.00 bits per heavy atom. The van der Waals surface area contributed by atoms with Crippen molar-refractivity contribution in [3.05, 3.63) is 82.9 Å². The average molecular weight is 563 g/mol. The molecule has 0 saturated heterocycles. The number of hydrogen-bond acceptors (Lipinski definition) is 4. The van der Waals surface area contributed by atoms with Gasteiger partial charge in [0.05, 0.1) is 6.42 Å². The summed E-state index contributed by atoms with van der Waals surface area (Å²) in [4.78, 5) is 26.5. The normalized spacial score (nSPS) is 12.7. The van der Waals surface area contributed by atoms with Crippen molar-refractivity contribution in [1.82, 2.24) is 0 Å². The maximum Gasteiger partial charge on any atom is 1.00 e. The van der Waals surface area contributed by atoms with E-state index in [9.17, 15) is 22.5 Å². The summed E-state index contributed by atoms with van der Waals surface area (Å²) in [5.41, 5.74) is 2.58. The summed E-state index contributed by atoms with van der Waals surface area (Å²) in [7, 11) is 1.37. The molecule has 0 radical (unpaired) electrons. The molecule has 0 unspecified atom stereocenters. The summed E-state index contributed by atoms with van der Waals surface area (Å²) in [6, 6.07) is 18.1. The number of esters is 1. The van der Waals surface area contributed by atoms with Gasteiger partial charge in [0.25, 0.3) is 0 Å². The van der Waals surface area contributed by atoms with Crippen LogP contribution in [0.15, 0.2) is 60.7 Å². The van der Waals surface area contributed by atoms with Crippen LogP contribution in [0.5, 0.6) is 0 Å². The predicted octanol–water partition coefficient (Wildman–Crippen LogP) is 3.32. The van der Waals surface area contributed by atoms with Gasteiger partial charge in [-0.1, -0.05) is 60.2 Å². The summed E-state index contributed by atoms with van der Waals surface area (Å²) in [5, 5.41) is 0. The van der Waals surface area contributed by atoms with E-state index in [1.165, 1.54) is 20.0 Å². The Labute approximate surface area is 269 Å². The Balaban J connectivity index is 0.00000420. The van der Waals surface area contributed by atoms with Crippen LogP contribution >= 0.6 is 0 Å². The zero-order chi connectivity index (χ0) is 27.8. The van der Waals surface area contributed by atoms with Gasteiger partial charge >= 0.3 is 70.4 Å². The van der Waals surface area contributed by atoms with E-state index in [0.717, 1.165) is 33.2 Å². The number of fused-ring (bicyclic) bond motifs is 3. The number of carbonyl (C=O) groups excluding carboxylic acids is 2. The summed E-state index contributed by atoms with van der Waals surface area (Å²) in [6.07, 6.45) is -1.15. The Bertz CT molecular complexity index is 1340. The van der Waals surface area contributed by atoms with Crippen LogP contribution < -0.4 is 61.7 Å². The minimum absolute atomic E-state index is 0. The van der Waals surface area contributed by atoms with E-state index < -0.39 is 30.1 Å². The zero-order valence-electron chi connectivity index (χ0n) is 23.1. The molecule has 10 heteroatoms. The van der Waals surface area contributed by atoms with Crippen LogP contribution in [0.25, 0.3) is 11.1 Å². The molecule has 5 nitrogen and oxygen atoms in total. The van der Waals surface area contributed by atoms with E-state index in [4.69, 9.17) is 9.47 Å². The molecule has 0 heterocycles. The van der Waals surface area contributed by atoms with Crippen LogP contribution in [0, 0.1) is 6.92 Å². The Morgan fingerprint density at radius 1 is 0.949 bits per heavy atom. The first-order chi connectivity index (χ1) is 17.8. The van der Waals surface area contributed by atoms with Crippen molar-refractivity contribution >= 4 is 30.2 Å². The third-order valence-electron chi connectivity index (χ3n) is 6.57. The van der Waals surface area contributed by atoms with Crippen molar-refractivity contribution in [3.63, 3.8) is 0 Å². The van der Waals surface area contributed by atoms with Gasteiger partial charge in [0.15, 0.2) is 0 Å². The number of hydrogen-bond donors (Lipinski definition) is 0. The Morgan fingerprint density at radius 2 is 1.49 bits per heavy atom. The summed E-state index contributed by atoms with van der Waals surface area (Å²) in [5.74, 6) is -0.842. The molecular formula is C29H30BF3KNO4. The van der Waals surface area contributed by atoms with Crippen LogP contribution in [0.1, 0.15) is 48.9 Å². The van der Waals surface area contributed by atoms with E-state index in [1.807, 2.05) is 48.5 Å². The first kappa shape index (κ1) is 31.4. The fourth-order valence-electron chi connectivity index (χ4n) is 4.91. The van der Waals surface area contributed by atoms with Crippen molar-refractivity contribution in [1.29, 1.82) is 0 Å². The molecule has 1 aliphatic carbocycles. The Kier molecular flexibility index (Phi) is 9.81. The van der Waals surface area contributed by atoms with Crippen molar-refractivity contribution in [2.75, 3.05) is 18.6 Å². The van der Waals surface area contributed by atoms with Gasteiger partial charge in [0, 0.05) is 18.7 Å². The van der Waals surface area contributed by atoms with E-state index in [2.05, 4.69) is 0 Å². The number of halogens is 3. The van der Waals surface area contributed by atoms with Gasteiger partial charge in [-0.25, -0.2) is 4.79 Å². The van der Waals surface area contributed by atoms with Gasteiger partial charge < -0.3 is 22.4 Å². The van der Waals surface area contributed by atoms with E-state index in [-0.39, 0.29) is 87.1 Å². The molecule has 0 saturated carbocycles. The summed E-state index contributed by atoms with van der Waals surface area (Å²) >= 11 is 0. The fraction of sp³-hybridized carbons (Fsp3) is 0.310. The molecule has 3 aromatic rings. The second kappa shape index (κ2) is 12.2. The molecule has 0 fully saturated rings. The number of ether oxygens (including phenoxy) is 2. The van der Waals surface area contributed by atoms with Crippen LogP contribution in [0.4, 0.5) is 23.4 Å². The molecule has 0 spiro atoms. The molecule has 1 aliphatic rings.